The lowest BCUT2D eigenvalue weighted by molar-refractivity contribution is -0.144. The van der Waals surface area contributed by atoms with Gasteiger partial charge in [0.2, 0.25) is 0 Å². The molecule has 0 aliphatic carbocycles. The highest BCUT2D eigenvalue weighted by Gasteiger charge is 2.33. The van der Waals surface area contributed by atoms with Crippen molar-refractivity contribution in [1.29, 1.82) is 0 Å². The van der Waals surface area contributed by atoms with Gasteiger partial charge in [-0.05, 0) is 45.7 Å². The summed E-state index contributed by atoms with van der Waals surface area (Å²) in [6, 6.07) is 0. The van der Waals surface area contributed by atoms with Crippen molar-refractivity contribution in [2.24, 2.45) is 5.73 Å². The quantitative estimate of drug-likeness (QED) is 0.333. The fraction of sp³-hybridized carbons (Fsp3) is 0.929. The van der Waals surface area contributed by atoms with E-state index in [1.165, 1.54) is 0 Å². The molecule has 7 nitrogen and oxygen atoms in total. The Morgan fingerprint density at radius 3 is 2.55 bits per heavy atom. The van der Waals surface area contributed by atoms with Gasteiger partial charge < -0.3 is 30.7 Å². The number of nitrogens with zero attached hydrogens (tertiary/aromatic N) is 2. The first-order valence-corrected chi connectivity index (χ1v) is 8.13. The largest absolute Gasteiger partial charge is 0.480 e. The Kier molecular flexibility index (Phi) is 8.34. The molecule has 0 bridgehead atoms. The molecule has 0 aromatic rings. The summed E-state index contributed by atoms with van der Waals surface area (Å²) in [5.74, 6) is -0.969. The summed E-state index contributed by atoms with van der Waals surface area (Å²) in [4.78, 5) is 16.1. The molecule has 0 spiro atoms. The van der Waals surface area contributed by atoms with Crippen molar-refractivity contribution in [1.82, 2.24) is 9.80 Å². The number of carbonyl (C=O) groups is 1. The lowest BCUT2D eigenvalue weighted by Gasteiger charge is -2.28. The van der Waals surface area contributed by atoms with Gasteiger partial charge in [0, 0.05) is 19.6 Å². The molecule has 0 saturated carbocycles. The summed E-state index contributed by atoms with van der Waals surface area (Å²) in [6.07, 6.45) is 3.29. The molecule has 128 valence electrons. The number of nitrogens with two attached hydrogens (primary N) is 1. The third-order valence-corrected chi connectivity index (χ3v) is 4.45. The minimum atomic E-state index is -1.33. The lowest BCUT2D eigenvalue weighted by Crippen LogP contribution is -2.50. The van der Waals surface area contributed by atoms with Crippen molar-refractivity contribution in [3.8, 4) is 0 Å². The second kappa shape index (κ2) is 9.47. The highest BCUT2D eigenvalue weighted by Crippen LogP contribution is 2.18. The van der Waals surface area contributed by atoms with Crippen molar-refractivity contribution in [2.45, 2.75) is 44.0 Å². The molecule has 0 amide bonds. The summed E-state index contributed by atoms with van der Waals surface area (Å²) in [5.41, 5.74) is 4.86. The van der Waals surface area contributed by atoms with Crippen molar-refractivity contribution in [3.63, 3.8) is 0 Å². The van der Waals surface area contributed by atoms with E-state index in [1.54, 1.807) is 0 Å². The molecule has 0 radical (unpaired) electrons. The maximum atomic E-state index is 11.5. The lowest BCUT2D eigenvalue weighted by atomic mass is 9.81. The minimum Gasteiger partial charge on any atom is -0.480 e. The molecule has 1 heterocycles. The molecule has 1 saturated heterocycles. The van der Waals surface area contributed by atoms with Gasteiger partial charge in [0.05, 0.1) is 0 Å². The van der Waals surface area contributed by atoms with Crippen LogP contribution in [0, 0.1) is 0 Å². The summed E-state index contributed by atoms with van der Waals surface area (Å²) < 4.78 is 0. The van der Waals surface area contributed by atoms with Crippen LogP contribution in [-0.4, -0.2) is 83.4 Å². The minimum absolute atomic E-state index is 0.258. The first-order chi connectivity index (χ1) is 10.3. The summed E-state index contributed by atoms with van der Waals surface area (Å²) in [7, 11) is 0.773. The van der Waals surface area contributed by atoms with E-state index in [-0.39, 0.29) is 6.32 Å². The zero-order chi connectivity index (χ0) is 16.6. The fourth-order valence-corrected chi connectivity index (χ4v) is 2.79. The Morgan fingerprint density at radius 1 is 1.18 bits per heavy atom. The summed E-state index contributed by atoms with van der Waals surface area (Å²) in [6.45, 7) is 4.70. The molecule has 5 N–H and O–H groups in total. The number of hydrogen-bond acceptors (Lipinski definition) is 6. The van der Waals surface area contributed by atoms with Crippen molar-refractivity contribution in [2.75, 3.05) is 39.8 Å². The average Bonchev–Trinajstić information content (AvgIpc) is 2.66. The van der Waals surface area contributed by atoms with E-state index in [0.29, 0.717) is 32.2 Å². The van der Waals surface area contributed by atoms with Crippen LogP contribution in [-0.2, 0) is 4.79 Å². The van der Waals surface area contributed by atoms with Crippen LogP contribution in [0.1, 0.15) is 32.1 Å². The molecular weight excluding hydrogens is 285 g/mol. The number of carboxylic acid groups (broad SMARTS) is 1. The number of hydrogen-bond donors (Lipinski definition) is 4. The number of unbranched alkanes of at least 4 members (excludes halogenated alkanes) is 1. The Balaban J connectivity index is 2.40. The normalized spacial score (nSPS) is 20.4. The van der Waals surface area contributed by atoms with Gasteiger partial charge >= 0.3 is 13.1 Å². The predicted octanol–water partition coefficient (Wildman–Crippen LogP) is -0.561. The SMILES string of the molecule is CN1CCCN(CCC(N)(CCCCB(O)O)C(=O)O)CC1. The van der Waals surface area contributed by atoms with Crippen LogP contribution in [0.25, 0.3) is 0 Å². The molecule has 1 fully saturated rings. The van der Waals surface area contributed by atoms with Gasteiger partial charge in [-0.1, -0.05) is 12.8 Å². The third kappa shape index (κ3) is 7.06. The molecule has 1 aliphatic heterocycles. The number of likely N-dealkylation sites (N-methyl/N-ethyl adjacent to an activating group) is 1. The molecule has 1 unspecified atom stereocenters. The van der Waals surface area contributed by atoms with E-state index in [0.717, 1.165) is 32.6 Å². The van der Waals surface area contributed by atoms with Crippen molar-refractivity contribution >= 4 is 13.1 Å². The number of rotatable bonds is 9. The molecule has 22 heavy (non-hydrogen) atoms. The second-order valence-electron chi connectivity index (χ2n) is 6.44. The first kappa shape index (κ1) is 19.4. The standard InChI is InChI=1S/C14H30BN3O4/c1-17-8-4-9-18(12-11-17)10-6-14(16,13(19)20)5-2-3-7-15(21)22/h21-22H,2-12,16H2,1H3,(H,19,20). The molecule has 1 aliphatic rings. The average molecular weight is 315 g/mol. The maximum Gasteiger partial charge on any atom is 0.451 e. The van der Waals surface area contributed by atoms with E-state index < -0.39 is 18.6 Å². The Labute approximate surface area is 133 Å². The van der Waals surface area contributed by atoms with Gasteiger partial charge in [-0.3, -0.25) is 4.79 Å². The number of carboxylic acids is 1. The van der Waals surface area contributed by atoms with E-state index in [9.17, 15) is 9.90 Å². The van der Waals surface area contributed by atoms with Crippen LogP contribution in [0.15, 0.2) is 0 Å². The van der Waals surface area contributed by atoms with Gasteiger partial charge in [-0.15, -0.1) is 0 Å². The topological polar surface area (TPSA) is 110 Å². The monoisotopic (exact) mass is 315 g/mol. The van der Waals surface area contributed by atoms with E-state index in [1.807, 2.05) is 0 Å². The predicted molar refractivity (Wildman–Crippen MR) is 86.6 cm³/mol. The first-order valence-electron chi connectivity index (χ1n) is 8.13. The van der Waals surface area contributed by atoms with Crippen LogP contribution in [0.2, 0.25) is 6.32 Å². The smallest absolute Gasteiger partial charge is 0.451 e. The van der Waals surface area contributed by atoms with Crippen molar-refractivity contribution in [3.05, 3.63) is 0 Å². The summed E-state index contributed by atoms with van der Waals surface area (Å²) >= 11 is 0. The third-order valence-electron chi connectivity index (χ3n) is 4.45. The molecular formula is C14H30BN3O4. The van der Waals surface area contributed by atoms with E-state index in [4.69, 9.17) is 15.8 Å². The fourth-order valence-electron chi connectivity index (χ4n) is 2.79. The molecule has 8 heteroatoms. The van der Waals surface area contributed by atoms with Gasteiger partial charge in [-0.25, -0.2) is 0 Å². The molecule has 1 rings (SSSR count). The maximum absolute atomic E-state index is 11.5. The van der Waals surface area contributed by atoms with Crippen LogP contribution in [0.4, 0.5) is 0 Å². The van der Waals surface area contributed by atoms with Crippen LogP contribution < -0.4 is 5.73 Å². The van der Waals surface area contributed by atoms with E-state index in [2.05, 4.69) is 16.8 Å². The van der Waals surface area contributed by atoms with Gasteiger partial charge in [-0.2, -0.15) is 0 Å². The Bertz CT molecular complexity index is 346. The Hall–Kier alpha value is -0.665. The molecule has 0 aromatic carbocycles. The van der Waals surface area contributed by atoms with Crippen LogP contribution in [0.3, 0.4) is 0 Å². The zero-order valence-corrected chi connectivity index (χ0v) is 13.6. The molecule has 0 aromatic heterocycles. The van der Waals surface area contributed by atoms with Gasteiger partial charge in [0.25, 0.3) is 0 Å². The van der Waals surface area contributed by atoms with Crippen LogP contribution in [0.5, 0.6) is 0 Å². The highest BCUT2D eigenvalue weighted by molar-refractivity contribution is 6.40. The second-order valence-corrected chi connectivity index (χ2v) is 6.44. The molecule has 1 atom stereocenters. The van der Waals surface area contributed by atoms with Crippen LogP contribution >= 0.6 is 0 Å². The van der Waals surface area contributed by atoms with Gasteiger partial charge in [0.1, 0.15) is 5.54 Å². The van der Waals surface area contributed by atoms with E-state index >= 15 is 0 Å². The highest BCUT2D eigenvalue weighted by atomic mass is 16.4. The number of aliphatic carboxylic acids is 1. The zero-order valence-electron chi connectivity index (χ0n) is 13.6. The van der Waals surface area contributed by atoms with Gasteiger partial charge in [0.15, 0.2) is 0 Å². The Morgan fingerprint density at radius 2 is 1.91 bits per heavy atom. The summed E-state index contributed by atoms with van der Waals surface area (Å²) in [5, 5.41) is 27.0. The van der Waals surface area contributed by atoms with Crippen molar-refractivity contribution < 1.29 is 19.9 Å².